The number of hydrogen-bond acceptors (Lipinski definition) is 5. The fourth-order valence-corrected chi connectivity index (χ4v) is 3.28. The minimum absolute atomic E-state index is 0.00261. The van der Waals surface area contributed by atoms with Crippen LogP contribution in [0.25, 0.3) is 10.9 Å². The van der Waals surface area contributed by atoms with E-state index in [0.29, 0.717) is 37.1 Å². The van der Waals surface area contributed by atoms with E-state index in [1.807, 2.05) is 18.2 Å². The molecule has 0 aliphatic carbocycles. The Hall–Kier alpha value is -3.60. The van der Waals surface area contributed by atoms with Gasteiger partial charge in [-0.2, -0.15) is 5.26 Å². The van der Waals surface area contributed by atoms with Gasteiger partial charge in [0.05, 0.1) is 16.5 Å². The van der Waals surface area contributed by atoms with E-state index in [0.717, 1.165) is 11.3 Å². The summed E-state index contributed by atoms with van der Waals surface area (Å²) in [6, 6.07) is 12.8. The molecule has 3 heterocycles. The average Bonchev–Trinajstić information content (AvgIpc) is 3.04. The highest BCUT2D eigenvalue weighted by Crippen LogP contribution is 2.14. The number of aromatic nitrogens is 3. The number of para-hydroxylation sites is 1. The highest BCUT2D eigenvalue weighted by molar-refractivity contribution is 5.80. The van der Waals surface area contributed by atoms with E-state index in [9.17, 15) is 9.59 Å². The molecule has 1 aromatic carbocycles. The Kier molecular flexibility index (Phi) is 4.34. The van der Waals surface area contributed by atoms with Crippen molar-refractivity contribution >= 4 is 22.6 Å². The predicted octanol–water partition coefficient (Wildman–Crippen LogP) is 0.945. The molecule has 8 nitrogen and oxygen atoms in total. The number of amides is 1. The molecular formula is C19H18N6O2. The van der Waals surface area contributed by atoms with E-state index >= 15 is 0 Å². The second-order valence-electron chi connectivity index (χ2n) is 6.43. The Morgan fingerprint density at radius 1 is 1.15 bits per heavy atom. The molecular weight excluding hydrogens is 344 g/mol. The van der Waals surface area contributed by atoms with Crippen molar-refractivity contribution in [3.05, 3.63) is 58.5 Å². The largest absolute Gasteiger partial charge is 0.353 e. The zero-order valence-electron chi connectivity index (χ0n) is 14.6. The molecule has 1 fully saturated rings. The van der Waals surface area contributed by atoms with Gasteiger partial charge < -0.3 is 9.80 Å². The first kappa shape index (κ1) is 16.8. The summed E-state index contributed by atoms with van der Waals surface area (Å²) in [6.45, 7) is 2.45. The number of aromatic amines is 1. The first-order valence-electron chi connectivity index (χ1n) is 8.72. The van der Waals surface area contributed by atoms with Crippen LogP contribution in [0.4, 0.5) is 5.82 Å². The average molecular weight is 362 g/mol. The normalized spacial score (nSPS) is 14.3. The second kappa shape index (κ2) is 6.96. The smallest absolute Gasteiger partial charge is 0.274 e. The van der Waals surface area contributed by atoms with Gasteiger partial charge >= 0.3 is 0 Å². The maximum Gasteiger partial charge on any atom is 0.274 e. The molecule has 3 aromatic rings. The van der Waals surface area contributed by atoms with Crippen LogP contribution in [0, 0.1) is 11.3 Å². The van der Waals surface area contributed by atoms with E-state index < -0.39 is 0 Å². The van der Waals surface area contributed by atoms with E-state index in [-0.39, 0.29) is 18.0 Å². The van der Waals surface area contributed by atoms with Gasteiger partial charge in [0, 0.05) is 32.4 Å². The molecule has 0 radical (unpaired) electrons. The molecule has 0 unspecified atom stereocenters. The Balaban J connectivity index is 1.40. The van der Waals surface area contributed by atoms with Gasteiger partial charge in [0.15, 0.2) is 0 Å². The minimum Gasteiger partial charge on any atom is -0.353 e. The molecule has 0 atom stereocenters. The maximum atomic E-state index is 12.6. The molecule has 136 valence electrons. The lowest BCUT2D eigenvalue weighted by Gasteiger charge is -2.35. The number of nitriles is 1. The van der Waals surface area contributed by atoms with Gasteiger partial charge in [-0.3, -0.25) is 14.7 Å². The van der Waals surface area contributed by atoms with Crippen molar-refractivity contribution in [2.24, 2.45) is 0 Å². The van der Waals surface area contributed by atoms with Gasteiger partial charge in [-0.05, 0) is 24.3 Å². The molecule has 1 saturated heterocycles. The molecule has 1 aliphatic heterocycles. The number of rotatable bonds is 3. The van der Waals surface area contributed by atoms with Crippen molar-refractivity contribution in [3.8, 4) is 6.07 Å². The molecule has 27 heavy (non-hydrogen) atoms. The van der Waals surface area contributed by atoms with Crippen LogP contribution >= 0.6 is 0 Å². The number of piperazine rings is 1. The van der Waals surface area contributed by atoms with Crippen LogP contribution in [-0.2, 0) is 11.3 Å². The number of carbonyl (C=O) groups excluding carboxylic acids is 1. The summed E-state index contributed by atoms with van der Waals surface area (Å²) >= 11 is 0. The monoisotopic (exact) mass is 362 g/mol. The van der Waals surface area contributed by atoms with Crippen LogP contribution in [0.3, 0.4) is 0 Å². The zero-order valence-corrected chi connectivity index (χ0v) is 14.6. The van der Waals surface area contributed by atoms with Gasteiger partial charge in [0.1, 0.15) is 18.4 Å². The number of H-pyrrole nitrogens is 1. The third kappa shape index (κ3) is 3.27. The second-order valence-corrected chi connectivity index (χ2v) is 6.43. The minimum atomic E-state index is -0.181. The zero-order chi connectivity index (χ0) is 18.8. The first-order chi connectivity index (χ1) is 13.2. The number of hydrogen-bond donors (Lipinski definition) is 1. The van der Waals surface area contributed by atoms with Crippen LogP contribution in [0.5, 0.6) is 0 Å². The van der Waals surface area contributed by atoms with Gasteiger partial charge in [-0.1, -0.05) is 12.1 Å². The summed E-state index contributed by atoms with van der Waals surface area (Å²) in [6.07, 6.45) is 1.55. The fourth-order valence-electron chi connectivity index (χ4n) is 3.28. The van der Waals surface area contributed by atoms with Crippen LogP contribution in [0.2, 0.25) is 0 Å². The third-order valence-corrected chi connectivity index (χ3v) is 4.78. The van der Waals surface area contributed by atoms with Gasteiger partial charge in [-0.15, -0.1) is 0 Å². The van der Waals surface area contributed by atoms with Crippen molar-refractivity contribution in [3.63, 3.8) is 0 Å². The van der Waals surface area contributed by atoms with E-state index in [1.165, 1.54) is 4.68 Å². The van der Waals surface area contributed by atoms with Crippen molar-refractivity contribution < 1.29 is 4.79 Å². The first-order valence-corrected chi connectivity index (χ1v) is 8.72. The fraction of sp³-hybridized carbons (Fsp3) is 0.263. The summed E-state index contributed by atoms with van der Waals surface area (Å²) in [5, 5.41) is 12.4. The molecule has 1 N–H and O–H groups in total. The van der Waals surface area contributed by atoms with Gasteiger partial charge in [-0.25, -0.2) is 9.67 Å². The van der Waals surface area contributed by atoms with Crippen molar-refractivity contribution in [1.82, 2.24) is 19.7 Å². The van der Waals surface area contributed by atoms with Crippen LogP contribution in [-0.4, -0.2) is 51.8 Å². The van der Waals surface area contributed by atoms with Crippen LogP contribution in [0.1, 0.15) is 5.56 Å². The molecule has 4 rings (SSSR count). The highest BCUT2D eigenvalue weighted by Gasteiger charge is 2.22. The predicted molar refractivity (Wildman–Crippen MR) is 100 cm³/mol. The summed E-state index contributed by atoms with van der Waals surface area (Å²) in [4.78, 5) is 33.1. The quantitative estimate of drug-likeness (QED) is 0.748. The number of pyridine rings is 1. The summed E-state index contributed by atoms with van der Waals surface area (Å²) in [5.41, 5.74) is 1.07. The topological polar surface area (TPSA) is 98.0 Å². The number of anilines is 1. The van der Waals surface area contributed by atoms with E-state index in [1.54, 1.807) is 29.3 Å². The Morgan fingerprint density at radius 2 is 1.93 bits per heavy atom. The lowest BCUT2D eigenvalue weighted by atomic mass is 10.2. The third-order valence-electron chi connectivity index (χ3n) is 4.78. The van der Waals surface area contributed by atoms with E-state index in [2.05, 4.69) is 21.1 Å². The summed E-state index contributed by atoms with van der Waals surface area (Å²) in [5.74, 6) is 0.712. The SMILES string of the molecule is N#Cc1ccc(N2CCN(C(=O)Cn3[nH]c4ccccc4c3=O)CC2)nc1. The Morgan fingerprint density at radius 3 is 2.59 bits per heavy atom. The van der Waals surface area contributed by atoms with Gasteiger partial charge in [0.2, 0.25) is 5.91 Å². The van der Waals surface area contributed by atoms with Crippen LogP contribution in [0.15, 0.2) is 47.4 Å². The van der Waals surface area contributed by atoms with Crippen molar-refractivity contribution in [2.45, 2.75) is 6.54 Å². The van der Waals surface area contributed by atoms with Crippen LogP contribution < -0.4 is 10.5 Å². The van der Waals surface area contributed by atoms with E-state index in [4.69, 9.17) is 5.26 Å². The molecule has 2 aromatic heterocycles. The molecule has 0 spiro atoms. The highest BCUT2D eigenvalue weighted by atomic mass is 16.2. The molecule has 1 amide bonds. The lowest BCUT2D eigenvalue weighted by molar-refractivity contribution is -0.132. The molecule has 1 aliphatic rings. The molecule has 8 heteroatoms. The van der Waals surface area contributed by atoms with Crippen molar-refractivity contribution in [1.29, 1.82) is 5.26 Å². The number of fused-ring (bicyclic) bond motifs is 1. The number of benzene rings is 1. The summed E-state index contributed by atoms with van der Waals surface area (Å²) in [7, 11) is 0. The maximum absolute atomic E-state index is 12.6. The van der Waals surface area contributed by atoms with Gasteiger partial charge in [0.25, 0.3) is 5.56 Å². The Bertz CT molecular complexity index is 1070. The standard InChI is InChI=1S/C19H18N6O2/c20-11-14-5-6-17(21-12-14)23-7-9-24(10-8-23)18(26)13-25-19(27)15-3-1-2-4-16(15)22-25/h1-6,12,22H,7-10,13H2. The number of nitrogens with one attached hydrogen (secondary N) is 1. The lowest BCUT2D eigenvalue weighted by Crippen LogP contribution is -2.50. The van der Waals surface area contributed by atoms with Crippen molar-refractivity contribution in [2.75, 3.05) is 31.1 Å². The summed E-state index contributed by atoms with van der Waals surface area (Å²) < 4.78 is 1.36. The number of carbonyl (C=O) groups is 1. The molecule has 0 saturated carbocycles. The Labute approximate surface area is 155 Å². The number of nitrogens with zero attached hydrogens (tertiary/aromatic N) is 5. The molecule has 0 bridgehead atoms.